The van der Waals surface area contributed by atoms with Crippen molar-refractivity contribution < 1.29 is 14.3 Å². The van der Waals surface area contributed by atoms with Gasteiger partial charge in [-0.1, -0.05) is 26.0 Å². The molecule has 0 amide bonds. The third kappa shape index (κ3) is 3.69. The molecule has 96 valence electrons. The molecule has 3 heteroatoms. The molecule has 0 aromatic heterocycles. The summed E-state index contributed by atoms with van der Waals surface area (Å²) < 4.78 is 4.69. The number of esters is 1. The van der Waals surface area contributed by atoms with Gasteiger partial charge in [-0.2, -0.15) is 0 Å². The second kappa shape index (κ2) is 6.58. The lowest BCUT2D eigenvalue weighted by Gasteiger charge is -2.21. The summed E-state index contributed by atoms with van der Waals surface area (Å²) in [5.74, 6) is 0.469. The van der Waals surface area contributed by atoms with E-state index in [1.807, 2.05) is 0 Å². The van der Waals surface area contributed by atoms with Crippen LogP contribution in [0.1, 0.15) is 39.5 Å². The Morgan fingerprint density at radius 1 is 1.59 bits per heavy atom. The molecule has 0 radical (unpaired) electrons. The van der Waals surface area contributed by atoms with Crippen molar-refractivity contribution in [3.63, 3.8) is 0 Å². The number of rotatable bonds is 5. The highest BCUT2D eigenvalue weighted by molar-refractivity contribution is 5.85. The molecule has 3 atom stereocenters. The van der Waals surface area contributed by atoms with Crippen molar-refractivity contribution in [2.75, 3.05) is 7.11 Å². The number of methoxy groups -OCH3 is 1. The minimum Gasteiger partial charge on any atom is -0.469 e. The summed E-state index contributed by atoms with van der Waals surface area (Å²) >= 11 is 0. The van der Waals surface area contributed by atoms with Crippen LogP contribution in [-0.2, 0) is 14.3 Å². The summed E-state index contributed by atoms with van der Waals surface area (Å²) in [4.78, 5) is 23.2. The average Bonchev–Trinajstić information content (AvgIpc) is 2.67. The Labute approximate surface area is 103 Å². The largest absolute Gasteiger partial charge is 0.469 e. The Kier molecular flexibility index (Phi) is 5.39. The third-order valence-electron chi connectivity index (χ3n) is 3.54. The van der Waals surface area contributed by atoms with Gasteiger partial charge in [-0.15, -0.1) is 0 Å². The maximum Gasteiger partial charge on any atom is 0.305 e. The summed E-state index contributed by atoms with van der Waals surface area (Å²) in [6.45, 7) is 4.13. The normalized spacial score (nSPS) is 26.4. The topological polar surface area (TPSA) is 43.4 Å². The molecule has 0 unspecified atom stereocenters. The zero-order valence-electron chi connectivity index (χ0n) is 10.9. The minimum absolute atomic E-state index is 0.00287. The second-order valence-corrected chi connectivity index (χ2v) is 4.77. The van der Waals surface area contributed by atoms with Gasteiger partial charge in [0, 0.05) is 18.8 Å². The maximum atomic E-state index is 11.9. The van der Waals surface area contributed by atoms with Crippen molar-refractivity contribution in [2.24, 2.45) is 17.8 Å². The molecule has 1 rings (SSSR count). The van der Waals surface area contributed by atoms with Crippen LogP contribution >= 0.6 is 0 Å². The van der Waals surface area contributed by atoms with E-state index in [4.69, 9.17) is 0 Å². The number of carbonyl (C=O) groups excluding carboxylic acids is 2. The molecule has 1 saturated carbocycles. The zero-order chi connectivity index (χ0) is 12.8. The van der Waals surface area contributed by atoms with E-state index in [-0.39, 0.29) is 23.7 Å². The molecule has 0 spiro atoms. The van der Waals surface area contributed by atoms with Crippen LogP contribution in [0.25, 0.3) is 0 Å². The Morgan fingerprint density at radius 2 is 2.29 bits per heavy atom. The molecular weight excluding hydrogens is 216 g/mol. The van der Waals surface area contributed by atoms with Crippen LogP contribution in [0.2, 0.25) is 0 Å². The number of hydrogen-bond acceptors (Lipinski definition) is 3. The van der Waals surface area contributed by atoms with Crippen molar-refractivity contribution in [2.45, 2.75) is 39.5 Å². The lowest BCUT2D eigenvalue weighted by Crippen LogP contribution is -2.24. The van der Waals surface area contributed by atoms with Gasteiger partial charge in [0.2, 0.25) is 0 Å². The van der Waals surface area contributed by atoms with Crippen LogP contribution < -0.4 is 0 Å². The third-order valence-corrected chi connectivity index (χ3v) is 3.54. The molecule has 3 nitrogen and oxygen atoms in total. The van der Waals surface area contributed by atoms with E-state index in [2.05, 4.69) is 30.7 Å². The first-order valence-corrected chi connectivity index (χ1v) is 6.36. The lowest BCUT2D eigenvalue weighted by molar-refractivity contribution is -0.142. The highest BCUT2D eigenvalue weighted by Crippen LogP contribution is 2.37. The lowest BCUT2D eigenvalue weighted by atomic mass is 9.82. The van der Waals surface area contributed by atoms with Crippen LogP contribution in [0.15, 0.2) is 12.2 Å². The first kappa shape index (κ1) is 13.9. The number of allylic oxidation sites excluding steroid dienone is 2. The van der Waals surface area contributed by atoms with Gasteiger partial charge in [0.05, 0.1) is 7.11 Å². The first-order valence-electron chi connectivity index (χ1n) is 6.36. The molecule has 0 aromatic rings. The van der Waals surface area contributed by atoms with Gasteiger partial charge in [0.15, 0.2) is 0 Å². The molecule has 17 heavy (non-hydrogen) atoms. The fraction of sp³-hybridized carbons (Fsp3) is 0.714. The van der Waals surface area contributed by atoms with Gasteiger partial charge in [0.1, 0.15) is 5.78 Å². The second-order valence-electron chi connectivity index (χ2n) is 4.77. The fourth-order valence-corrected chi connectivity index (χ4v) is 2.66. The summed E-state index contributed by atoms with van der Waals surface area (Å²) in [5.41, 5.74) is 0. The minimum atomic E-state index is -0.207. The predicted molar refractivity (Wildman–Crippen MR) is 66.4 cm³/mol. The van der Waals surface area contributed by atoms with E-state index >= 15 is 0 Å². The standard InChI is InChI=1S/C14H22O3/c1-4-5-6-10(2)14-11(7-8-12(14)15)9-13(16)17-3/h5-6,10-11,14H,4,7-9H2,1-3H3/b6-5-/t10-,11+,14+/m1/s1. The van der Waals surface area contributed by atoms with Crippen molar-refractivity contribution >= 4 is 11.8 Å². The van der Waals surface area contributed by atoms with E-state index in [1.54, 1.807) is 0 Å². The molecule has 0 aromatic carbocycles. The molecular formula is C14H22O3. The van der Waals surface area contributed by atoms with Crippen LogP contribution in [0, 0.1) is 17.8 Å². The molecule has 0 saturated heterocycles. The van der Waals surface area contributed by atoms with E-state index < -0.39 is 0 Å². The van der Waals surface area contributed by atoms with Crippen molar-refractivity contribution in [1.82, 2.24) is 0 Å². The molecule has 0 N–H and O–H groups in total. The monoisotopic (exact) mass is 238 g/mol. The summed E-state index contributed by atoms with van der Waals surface area (Å²) in [7, 11) is 1.40. The van der Waals surface area contributed by atoms with Crippen LogP contribution in [0.3, 0.4) is 0 Å². The Hall–Kier alpha value is -1.12. The molecule has 0 heterocycles. The van der Waals surface area contributed by atoms with E-state index in [9.17, 15) is 9.59 Å². The summed E-state index contributed by atoms with van der Waals surface area (Å²) in [6, 6.07) is 0. The van der Waals surface area contributed by atoms with Crippen molar-refractivity contribution in [1.29, 1.82) is 0 Å². The first-order chi connectivity index (χ1) is 8.10. The number of ether oxygens (including phenoxy) is 1. The molecule has 1 aliphatic carbocycles. The van der Waals surface area contributed by atoms with Gasteiger partial charge in [-0.05, 0) is 24.7 Å². The van der Waals surface area contributed by atoms with E-state index in [0.717, 1.165) is 12.8 Å². The highest BCUT2D eigenvalue weighted by Gasteiger charge is 2.38. The smallest absolute Gasteiger partial charge is 0.305 e. The SMILES string of the molecule is CC/C=C\[C@@H](C)[C@@H]1C(=O)CC[C@H]1CC(=O)OC. The van der Waals surface area contributed by atoms with Gasteiger partial charge in [-0.25, -0.2) is 0 Å². The average molecular weight is 238 g/mol. The van der Waals surface area contributed by atoms with E-state index in [1.165, 1.54) is 7.11 Å². The van der Waals surface area contributed by atoms with Gasteiger partial charge in [-0.3, -0.25) is 9.59 Å². The number of ketones is 1. The highest BCUT2D eigenvalue weighted by atomic mass is 16.5. The van der Waals surface area contributed by atoms with Crippen molar-refractivity contribution in [3.05, 3.63) is 12.2 Å². The number of Topliss-reactive ketones (excluding diaryl/α,β-unsaturated/α-hetero) is 1. The van der Waals surface area contributed by atoms with Crippen LogP contribution in [-0.4, -0.2) is 18.9 Å². The molecule has 1 fully saturated rings. The van der Waals surface area contributed by atoms with Crippen LogP contribution in [0.4, 0.5) is 0 Å². The fourth-order valence-electron chi connectivity index (χ4n) is 2.66. The Bertz CT molecular complexity index is 307. The quantitative estimate of drug-likeness (QED) is 0.546. The van der Waals surface area contributed by atoms with Crippen LogP contribution in [0.5, 0.6) is 0 Å². The van der Waals surface area contributed by atoms with E-state index in [0.29, 0.717) is 18.6 Å². The maximum absolute atomic E-state index is 11.9. The summed E-state index contributed by atoms with van der Waals surface area (Å²) in [5, 5.41) is 0. The Balaban J connectivity index is 2.67. The molecule has 1 aliphatic rings. The Morgan fingerprint density at radius 3 is 2.88 bits per heavy atom. The summed E-state index contributed by atoms with van der Waals surface area (Å²) in [6.07, 6.45) is 6.97. The van der Waals surface area contributed by atoms with Gasteiger partial charge >= 0.3 is 5.97 Å². The van der Waals surface area contributed by atoms with Gasteiger partial charge < -0.3 is 4.74 Å². The van der Waals surface area contributed by atoms with Crippen molar-refractivity contribution in [3.8, 4) is 0 Å². The molecule has 0 aliphatic heterocycles. The zero-order valence-corrected chi connectivity index (χ0v) is 10.9. The van der Waals surface area contributed by atoms with Gasteiger partial charge in [0.25, 0.3) is 0 Å². The number of hydrogen-bond donors (Lipinski definition) is 0. The predicted octanol–water partition coefficient (Wildman–Crippen LogP) is 2.75. The number of carbonyl (C=O) groups is 2. The molecule has 0 bridgehead atoms.